The second kappa shape index (κ2) is 6.72. The van der Waals surface area contributed by atoms with Gasteiger partial charge in [-0.25, -0.2) is 0 Å². The van der Waals surface area contributed by atoms with Crippen LogP contribution in [0.2, 0.25) is 0 Å². The minimum Gasteiger partial charge on any atom is -0.381 e. The molecule has 1 aliphatic carbocycles. The van der Waals surface area contributed by atoms with Crippen LogP contribution in [0.4, 0.5) is 0 Å². The van der Waals surface area contributed by atoms with Gasteiger partial charge in [0, 0.05) is 18.0 Å². The summed E-state index contributed by atoms with van der Waals surface area (Å²) in [5.74, 6) is 1.35. The molecule has 0 saturated carbocycles. The smallest absolute Gasteiger partial charge is 0.0488 e. The Kier molecular flexibility index (Phi) is 5.25. The number of hydrogen-bond donors (Lipinski definition) is 0. The fourth-order valence-electron chi connectivity index (χ4n) is 2.62. The van der Waals surface area contributed by atoms with Crippen molar-refractivity contribution in [2.45, 2.75) is 37.9 Å². The third kappa shape index (κ3) is 3.58. The lowest BCUT2D eigenvalue weighted by Crippen LogP contribution is -2.18. The molecule has 0 bridgehead atoms. The Morgan fingerprint density at radius 1 is 1.33 bits per heavy atom. The average Bonchev–Trinajstić information content (AvgIpc) is 2.37. The summed E-state index contributed by atoms with van der Waals surface area (Å²) in [6.07, 6.45) is 3.65. The molecule has 0 radical (unpaired) electrons. The normalized spacial score (nSPS) is 23.1. The van der Waals surface area contributed by atoms with Gasteiger partial charge in [0.1, 0.15) is 0 Å². The van der Waals surface area contributed by atoms with Crippen LogP contribution in [0.15, 0.2) is 24.3 Å². The highest BCUT2D eigenvalue weighted by molar-refractivity contribution is 9.09. The lowest BCUT2D eigenvalue weighted by molar-refractivity contribution is 0.0960. The molecule has 1 aromatic carbocycles. The van der Waals surface area contributed by atoms with E-state index in [1.165, 1.54) is 24.0 Å². The lowest BCUT2D eigenvalue weighted by atomic mass is 9.82. The molecule has 0 N–H and O–H groups in total. The van der Waals surface area contributed by atoms with E-state index in [4.69, 9.17) is 4.74 Å². The number of aryl methyl sites for hydroxylation is 1. The largest absolute Gasteiger partial charge is 0.381 e. The van der Waals surface area contributed by atoms with Crippen LogP contribution in [0.5, 0.6) is 0 Å². The molecule has 2 unspecified atom stereocenters. The number of fused-ring (bicyclic) bond motifs is 1. The van der Waals surface area contributed by atoms with E-state index < -0.39 is 0 Å². The monoisotopic (exact) mass is 310 g/mol. The molecule has 0 heterocycles. The first-order chi connectivity index (χ1) is 8.68. The molecule has 0 spiro atoms. The Bertz CT molecular complexity index is 375. The average molecular weight is 311 g/mol. The van der Waals surface area contributed by atoms with Crippen LogP contribution >= 0.6 is 15.9 Å². The SMILES string of the molecule is CC(C)COCCC1CCc2ccccc2C1Br. The molecule has 0 aliphatic heterocycles. The lowest BCUT2D eigenvalue weighted by Gasteiger charge is -2.30. The van der Waals surface area contributed by atoms with Gasteiger partial charge in [-0.05, 0) is 42.2 Å². The molecule has 0 fully saturated rings. The first-order valence-electron chi connectivity index (χ1n) is 6.98. The van der Waals surface area contributed by atoms with E-state index in [0.29, 0.717) is 16.7 Å². The summed E-state index contributed by atoms with van der Waals surface area (Å²) in [7, 11) is 0. The zero-order valence-corrected chi connectivity index (χ0v) is 12.9. The number of rotatable bonds is 5. The van der Waals surface area contributed by atoms with Crippen molar-refractivity contribution < 1.29 is 4.74 Å². The number of halogens is 1. The summed E-state index contributed by atoms with van der Waals surface area (Å²) >= 11 is 3.88. The topological polar surface area (TPSA) is 9.23 Å². The fraction of sp³-hybridized carbons (Fsp3) is 0.625. The van der Waals surface area contributed by atoms with Crippen molar-refractivity contribution in [3.63, 3.8) is 0 Å². The molecule has 1 aliphatic rings. The van der Waals surface area contributed by atoms with Crippen molar-refractivity contribution in [1.82, 2.24) is 0 Å². The first-order valence-corrected chi connectivity index (χ1v) is 7.89. The molecule has 0 saturated heterocycles. The fourth-order valence-corrected chi connectivity index (χ4v) is 3.59. The van der Waals surface area contributed by atoms with Gasteiger partial charge in [-0.3, -0.25) is 0 Å². The highest BCUT2D eigenvalue weighted by Gasteiger charge is 2.26. The van der Waals surface area contributed by atoms with Crippen molar-refractivity contribution in [1.29, 1.82) is 0 Å². The Morgan fingerprint density at radius 2 is 2.11 bits per heavy atom. The molecule has 2 atom stereocenters. The van der Waals surface area contributed by atoms with Gasteiger partial charge < -0.3 is 4.74 Å². The highest BCUT2D eigenvalue weighted by Crippen LogP contribution is 2.41. The second-order valence-corrected chi connectivity index (χ2v) is 6.64. The summed E-state index contributed by atoms with van der Waals surface area (Å²) in [5, 5.41) is 0. The van der Waals surface area contributed by atoms with Crippen LogP contribution in [0, 0.1) is 11.8 Å². The van der Waals surface area contributed by atoms with Gasteiger partial charge in [0.05, 0.1) is 0 Å². The van der Waals surface area contributed by atoms with Crippen molar-refractivity contribution in [2.75, 3.05) is 13.2 Å². The minimum absolute atomic E-state index is 0.505. The molecule has 1 nitrogen and oxygen atoms in total. The number of benzene rings is 1. The maximum atomic E-state index is 5.71. The molecule has 2 heteroatoms. The number of ether oxygens (including phenoxy) is 1. The maximum absolute atomic E-state index is 5.71. The van der Waals surface area contributed by atoms with Gasteiger partial charge in [0.25, 0.3) is 0 Å². The first kappa shape index (κ1) is 14.1. The number of hydrogen-bond acceptors (Lipinski definition) is 1. The van der Waals surface area contributed by atoms with Crippen LogP contribution in [-0.4, -0.2) is 13.2 Å². The van der Waals surface area contributed by atoms with Gasteiger partial charge >= 0.3 is 0 Å². The molecule has 0 amide bonds. The van der Waals surface area contributed by atoms with Crippen LogP contribution < -0.4 is 0 Å². The van der Waals surface area contributed by atoms with E-state index in [1.54, 1.807) is 0 Å². The van der Waals surface area contributed by atoms with Crippen LogP contribution in [0.1, 0.15) is 42.6 Å². The molecule has 18 heavy (non-hydrogen) atoms. The van der Waals surface area contributed by atoms with E-state index in [9.17, 15) is 0 Å². The highest BCUT2D eigenvalue weighted by atomic mass is 79.9. The van der Waals surface area contributed by atoms with Crippen molar-refractivity contribution in [3.8, 4) is 0 Å². The summed E-state index contributed by atoms with van der Waals surface area (Å²) < 4.78 is 5.71. The predicted molar refractivity (Wildman–Crippen MR) is 80.2 cm³/mol. The van der Waals surface area contributed by atoms with Gasteiger partial charge in [-0.1, -0.05) is 54.0 Å². The van der Waals surface area contributed by atoms with E-state index >= 15 is 0 Å². The third-order valence-electron chi connectivity index (χ3n) is 3.63. The van der Waals surface area contributed by atoms with Crippen molar-refractivity contribution in [3.05, 3.63) is 35.4 Å². The van der Waals surface area contributed by atoms with E-state index in [1.807, 2.05) is 0 Å². The molecule has 100 valence electrons. The quantitative estimate of drug-likeness (QED) is 0.563. The van der Waals surface area contributed by atoms with E-state index in [-0.39, 0.29) is 0 Å². The molecule has 0 aromatic heterocycles. The zero-order valence-electron chi connectivity index (χ0n) is 11.4. The zero-order chi connectivity index (χ0) is 13.0. The summed E-state index contributed by atoms with van der Waals surface area (Å²) in [6, 6.07) is 8.81. The second-order valence-electron chi connectivity index (χ2n) is 5.66. The van der Waals surface area contributed by atoms with Crippen molar-refractivity contribution in [2.24, 2.45) is 11.8 Å². The Morgan fingerprint density at radius 3 is 2.89 bits per heavy atom. The summed E-state index contributed by atoms with van der Waals surface area (Å²) in [6.45, 7) is 6.18. The Labute approximate surface area is 119 Å². The van der Waals surface area contributed by atoms with Crippen LogP contribution in [0.3, 0.4) is 0 Å². The standard InChI is InChI=1S/C16H23BrO/c1-12(2)11-18-10-9-14-8-7-13-5-3-4-6-15(13)16(14)17/h3-6,12,14,16H,7-11H2,1-2H3. The van der Waals surface area contributed by atoms with Crippen molar-refractivity contribution >= 4 is 15.9 Å². The predicted octanol–water partition coefficient (Wildman–Crippen LogP) is 4.75. The Hall–Kier alpha value is -0.340. The van der Waals surface area contributed by atoms with Gasteiger partial charge in [-0.2, -0.15) is 0 Å². The Balaban J connectivity index is 1.85. The maximum Gasteiger partial charge on any atom is 0.0488 e. The summed E-state index contributed by atoms with van der Waals surface area (Å²) in [5.41, 5.74) is 3.00. The van der Waals surface area contributed by atoms with E-state index in [0.717, 1.165) is 19.6 Å². The third-order valence-corrected chi connectivity index (χ3v) is 4.88. The minimum atomic E-state index is 0.505. The van der Waals surface area contributed by atoms with Gasteiger partial charge in [-0.15, -0.1) is 0 Å². The molecular formula is C16H23BrO. The molecule has 1 aromatic rings. The van der Waals surface area contributed by atoms with Crippen LogP contribution in [0.25, 0.3) is 0 Å². The molecular weight excluding hydrogens is 288 g/mol. The van der Waals surface area contributed by atoms with Gasteiger partial charge in [0.2, 0.25) is 0 Å². The summed E-state index contributed by atoms with van der Waals surface area (Å²) in [4.78, 5) is 0.505. The molecule has 2 rings (SSSR count). The van der Waals surface area contributed by atoms with E-state index in [2.05, 4.69) is 54.0 Å². The van der Waals surface area contributed by atoms with Crippen LogP contribution in [-0.2, 0) is 11.2 Å². The van der Waals surface area contributed by atoms with Gasteiger partial charge in [0.15, 0.2) is 0 Å². The number of alkyl halides is 1.